The molecule has 0 bridgehead atoms. The average molecular weight is 612 g/mol. The van der Waals surface area contributed by atoms with Gasteiger partial charge in [-0.1, -0.05) is 0 Å². The molecular weight excluding hydrogens is 562 g/mol. The van der Waals surface area contributed by atoms with E-state index in [-0.39, 0.29) is 5.41 Å². The maximum atomic E-state index is 13.5. The molecule has 0 radical (unpaired) electrons. The van der Waals surface area contributed by atoms with Gasteiger partial charge in [-0.25, -0.2) is 0 Å². The molecular formula is C29H50OSeSn. The van der Waals surface area contributed by atoms with Gasteiger partial charge in [0.05, 0.1) is 0 Å². The molecule has 0 saturated heterocycles. The van der Waals surface area contributed by atoms with E-state index in [9.17, 15) is 4.79 Å². The molecule has 182 valence electrons. The van der Waals surface area contributed by atoms with Crippen LogP contribution >= 0.6 is 0 Å². The summed E-state index contributed by atoms with van der Waals surface area (Å²) in [6.45, 7) is 9.55. The zero-order valence-corrected chi connectivity index (χ0v) is 26.2. The molecule has 0 aliphatic heterocycles. The van der Waals surface area contributed by atoms with Crippen molar-refractivity contribution in [3.63, 3.8) is 0 Å². The summed E-state index contributed by atoms with van der Waals surface area (Å²) in [6, 6.07) is 11.0. The van der Waals surface area contributed by atoms with Gasteiger partial charge in [0.15, 0.2) is 0 Å². The molecule has 1 saturated carbocycles. The first-order chi connectivity index (χ1) is 15.5. The molecule has 0 amide bonds. The van der Waals surface area contributed by atoms with Gasteiger partial charge in [0, 0.05) is 0 Å². The van der Waals surface area contributed by atoms with Crippen molar-refractivity contribution in [2.24, 2.45) is 5.41 Å². The summed E-state index contributed by atoms with van der Waals surface area (Å²) >= 11 is -1.84. The van der Waals surface area contributed by atoms with Crippen molar-refractivity contribution in [3.05, 3.63) is 30.3 Å². The summed E-state index contributed by atoms with van der Waals surface area (Å²) in [4.78, 5) is 13.5. The molecule has 0 heterocycles. The van der Waals surface area contributed by atoms with Crippen molar-refractivity contribution in [2.45, 2.75) is 127 Å². The summed E-state index contributed by atoms with van der Waals surface area (Å²) in [5.74, 6) is 0.646. The summed E-state index contributed by atoms with van der Waals surface area (Å²) in [6.07, 6.45) is 15.4. The summed E-state index contributed by atoms with van der Waals surface area (Å²) in [7, 11) is 0. The number of ketones is 1. The number of hydrogen-bond acceptors (Lipinski definition) is 1. The van der Waals surface area contributed by atoms with Crippen molar-refractivity contribution < 1.29 is 4.79 Å². The van der Waals surface area contributed by atoms with Crippen LogP contribution in [0, 0.1) is 5.41 Å². The van der Waals surface area contributed by atoms with Gasteiger partial charge in [-0.2, -0.15) is 0 Å². The van der Waals surface area contributed by atoms with Gasteiger partial charge in [-0.15, -0.1) is 0 Å². The van der Waals surface area contributed by atoms with E-state index >= 15 is 0 Å². The zero-order valence-electron chi connectivity index (χ0n) is 21.6. The topological polar surface area (TPSA) is 17.1 Å². The number of hydrogen-bond donors (Lipinski definition) is 0. The minimum atomic E-state index is -2.43. The molecule has 1 aromatic rings. The Bertz CT molecular complexity index is 624. The van der Waals surface area contributed by atoms with Gasteiger partial charge in [-0.3, -0.25) is 0 Å². The van der Waals surface area contributed by atoms with E-state index in [1.54, 1.807) is 13.3 Å². The van der Waals surface area contributed by atoms with Crippen LogP contribution in [-0.2, 0) is 4.79 Å². The van der Waals surface area contributed by atoms with Gasteiger partial charge < -0.3 is 0 Å². The molecule has 1 nitrogen and oxygen atoms in total. The second-order valence-electron chi connectivity index (χ2n) is 10.6. The van der Waals surface area contributed by atoms with Gasteiger partial charge in [-0.05, 0) is 0 Å². The van der Waals surface area contributed by atoms with E-state index in [1.807, 2.05) is 0 Å². The van der Waals surface area contributed by atoms with Crippen molar-refractivity contribution in [1.82, 2.24) is 0 Å². The Kier molecular flexibility index (Phi) is 13.6. The van der Waals surface area contributed by atoms with Crippen LogP contribution in [0.1, 0.15) is 105 Å². The van der Waals surface area contributed by atoms with Crippen molar-refractivity contribution in [2.75, 3.05) is 0 Å². The fourth-order valence-electron chi connectivity index (χ4n) is 6.35. The predicted octanol–water partition coefficient (Wildman–Crippen LogP) is 8.58. The van der Waals surface area contributed by atoms with Crippen molar-refractivity contribution in [3.8, 4) is 0 Å². The van der Waals surface area contributed by atoms with Crippen LogP contribution in [0.3, 0.4) is 0 Å². The molecule has 2 unspecified atom stereocenters. The zero-order chi connectivity index (χ0) is 23.3. The number of carbonyl (C=O) groups excluding carboxylic acids is 1. The van der Waals surface area contributed by atoms with E-state index in [0.29, 0.717) is 20.7 Å². The standard InChI is InChI=1S/C17H23OSe.3C4H9.Sn/c1-17(12-6-5-11-16(17)18)13-7-8-14-19-15-9-3-2-4-10-15;3*1-3-4-2;/h2-4,9-10,12H,5-8,11,13-14H2,1H3;3*1,3-4H2,2H3;. The Balaban J connectivity index is 2.12. The summed E-state index contributed by atoms with van der Waals surface area (Å²) in [5.41, 5.74) is 0.00327. The van der Waals surface area contributed by atoms with Gasteiger partial charge >= 0.3 is 211 Å². The molecule has 0 aromatic heterocycles. The van der Waals surface area contributed by atoms with E-state index < -0.39 is 18.4 Å². The van der Waals surface area contributed by atoms with E-state index in [4.69, 9.17) is 0 Å². The molecule has 1 fully saturated rings. The number of Topliss-reactive ketones (excluding diaryl/α,β-unsaturated/α-hetero) is 1. The molecule has 2 rings (SSSR count). The first-order valence-electron chi connectivity index (χ1n) is 13.7. The Morgan fingerprint density at radius 2 is 1.50 bits per heavy atom. The third kappa shape index (κ3) is 8.16. The SMILES string of the molecule is CCC[CH2][Sn]([CH2]CCC)([CH2]CCC)[CH]1CCCC(=O)C1(C)CCCC[Se]c1ccccc1. The van der Waals surface area contributed by atoms with Crippen molar-refractivity contribution >= 4 is 43.6 Å². The van der Waals surface area contributed by atoms with Crippen LogP contribution in [0.25, 0.3) is 0 Å². The number of carbonyl (C=O) groups is 1. The Morgan fingerprint density at radius 1 is 0.906 bits per heavy atom. The Labute approximate surface area is 210 Å². The minimum absolute atomic E-state index is 0.00327. The average Bonchev–Trinajstić information content (AvgIpc) is 2.81. The van der Waals surface area contributed by atoms with Crippen LogP contribution in [0.15, 0.2) is 30.3 Å². The molecule has 1 aromatic carbocycles. The van der Waals surface area contributed by atoms with Gasteiger partial charge in [0.25, 0.3) is 0 Å². The Hall–Kier alpha value is 0.208. The van der Waals surface area contributed by atoms with Gasteiger partial charge in [0.2, 0.25) is 0 Å². The first-order valence-corrected chi connectivity index (χ1v) is 23.5. The third-order valence-corrected chi connectivity index (χ3v) is 28.9. The molecule has 32 heavy (non-hydrogen) atoms. The van der Waals surface area contributed by atoms with Crippen LogP contribution in [0.5, 0.6) is 0 Å². The van der Waals surface area contributed by atoms with E-state index in [0.717, 1.165) is 10.4 Å². The fraction of sp³-hybridized carbons (Fsp3) is 0.759. The van der Waals surface area contributed by atoms with Gasteiger partial charge in [0.1, 0.15) is 0 Å². The second kappa shape index (κ2) is 15.3. The summed E-state index contributed by atoms with van der Waals surface area (Å²) in [5, 5.41) is 1.32. The molecule has 2 atom stereocenters. The second-order valence-corrected chi connectivity index (χ2v) is 27.1. The first kappa shape index (κ1) is 28.4. The maximum absolute atomic E-state index is 13.5. The Morgan fingerprint density at radius 3 is 2.06 bits per heavy atom. The molecule has 1 aliphatic carbocycles. The summed E-state index contributed by atoms with van der Waals surface area (Å²) < 4.78 is 6.98. The molecule has 0 spiro atoms. The van der Waals surface area contributed by atoms with Crippen LogP contribution in [-0.4, -0.2) is 39.1 Å². The van der Waals surface area contributed by atoms with Crippen LogP contribution in [0.2, 0.25) is 22.6 Å². The monoisotopic (exact) mass is 614 g/mol. The number of benzene rings is 1. The van der Waals surface area contributed by atoms with Crippen LogP contribution in [0.4, 0.5) is 0 Å². The van der Waals surface area contributed by atoms with Crippen molar-refractivity contribution in [1.29, 1.82) is 0 Å². The molecule has 1 aliphatic rings. The van der Waals surface area contributed by atoms with E-state index in [2.05, 4.69) is 58.0 Å². The normalized spacial score (nSPS) is 21.8. The third-order valence-electron chi connectivity index (χ3n) is 8.23. The number of rotatable bonds is 16. The predicted molar refractivity (Wildman–Crippen MR) is 146 cm³/mol. The van der Waals surface area contributed by atoms with Crippen LogP contribution < -0.4 is 4.46 Å². The molecule has 0 N–H and O–H groups in total. The quantitative estimate of drug-likeness (QED) is 0.135. The molecule has 3 heteroatoms. The van der Waals surface area contributed by atoms with E-state index in [1.165, 1.54) is 80.4 Å². The fourth-order valence-corrected chi connectivity index (χ4v) is 29.5. The number of unbranched alkanes of at least 4 members (excludes halogenated alkanes) is 4.